The number of amides is 5. The quantitative estimate of drug-likeness (QED) is 0.725. The molecule has 2 unspecified atom stereocenters. The molecule has 1 aliphatic rings. The predicted octanol–water partition coefficient (Wildman–Crippen LogP) is -0.0422. The number of nitrogens with zero attached hydrogens (tertiary/aromatic N) is 2. The summed E-state index contributed by atoms with van der Waals surface area (Å²) in [6.45, 7) is 3.31. The first-order chi connectivity index (χ1) is 8.81. The van der Waals surface area contributed by atoms with Crippen molar-refractivity contribution in [2.75, 3.05) is 14.1 Å². The van der Waals surface area contributed by atoms with Crippen molar-refractivity contribution < 1.29 is 19.2 Å². The fraction of sp³-hybridized carbons (Fsp3) is 0.667. The van der Waals surface area contributed by atoms with E-state index in [0.29, 0.717) is 12.8 Å². The molecule has 0 spiro atoms. The second-order valence-electron chi connectivity index (χ2n) is 4.75. The van der Waals surface area contributed by atoms with Crippen LogP contribution in [0.2, 0.25) is 0 Å². The second kappa shape index (κ2) is 5.81. The molecule has 0 bridgehead atoms. The number of carbonyl (C=O) groups excluding carboxylic acids is 4. The predicted molar refractivity (Wildman–Crippen MR) is 66.9 cm³/mol. The summed E-state index contributed by atoms with van der Waals surface area (Å²) in [5.74, 6) is -2.44. The number of hydrogen-bond donors (Lipinski definition) is 1. The van der Waals surface area contributed by atoms with E-state index < -0.39 is 29.8 Å². The highest BCUT2D eigenvalue weighted by Gasteiger charge is 2.43. The van der Waals surface area contributed by atoms with Crippen LogP contribution in [0.4, 0.5) is 4.79 Å². The van der Waals surface area contributed by atoms with E-state index in [1.807, 2.05) is 6.92 Å². The lowest BCUT2D eigenvalue weighted by atomic mass is 9.98. The zero-order chi connectivity index (χ0) is 14.7. The summed E-state index contributed by atoms with van der Waals surface area (Å²) < 4.78 is 0. The number of urea groups is 1. The van der Waals surface area contributed by atoms with Crippen molar-refractivity contribution >= 4 is 23.8 Å². The maximum atomic E-state index is 12.2. The summed E-state index contributed by atoms with van der Waals surface area (Å²) >= 11 is 0. The molecule has 7 nitrogen and oxygen atoms in total. The fourth-order valence-corrected chi connectivity index (χ4v) is 2.03. The largest absolute Gasteiger partial charge is 0.347 e. The van der Waals surface area contributed by atoms with Crippen LogP contribution in [-0.4, -0.2) is 53.7 Å². The highest BCUT2D eigenvalue weighted by atomic mass is 16.2. The summed E-state index contributed by atoms with van der Waals surface area (Å²) in [6, 6.07) is -1.75. The van der Waals surface area contributed by atoms with Gasteiger partial charge in [0.2, 0.25) is 17.7 Å². The Hall–Kier alpha value is -1.92. The van der Waals surface area contributed by atoms with Crippen LogP contribution in [0.3, 0.4) is 0 Å². The summed E-state index contributed by atoms with van der Waals surface area (Å²) in [4.78, 5) is 49.5. The minimum atomic E-state index is -0.921. The van der Waals surface area contributed by atoms with Crippen LogP contribution < -0.4 is 5.32 Å². The minimum Gasteiger partial charge on any atom is -0.347 e. The van der Waals surface area contributed by atoms with E-state index in [4.69, 9.17) is 0 Å². The van der Waals surface area contributed by atoms with E-state index in [9.17, 15) is 19.2 Å². The Morgan fingerprint density at radius 1 is 1.37 bits per heavy atom. The number of imide groups is 2. The van der Waals surface area contributed by atoms with Crippen molar-refractivity contribution in [2.24, 2.45) is 5.92 Å². The molecular weight excluding hydrogens is 250 g/mol. The van der Waals surface area contributed by atoms with Gasteiger partial charge in [-0.15, -0.1) is 0 Å². The number of rotatable bonds is 4. The minimum absolute atomic E-state index is 0.358. The van der Waals surface area contributed by atoms with Crippen LogP contribution in [0.15, 0.2) is 0 Å². The lowest BCUT2D eigenvalue weighted by molar-refractivity contribution is -0.149. The van der Waals surface area contributed by atoms with Crippen LogP contribution in [0.5, 0.6) is 0 Å². The third kappa shape index (κ3) is 2.91. The first-order valence-electron chi connectivity index (χ1n) is 6.20. The smallest absolute Gasteiger partial charge is 0.331 e. The Bertz CT molecular complexity index is 419. The SMILES string of the molecule is CCCC1C(=O)NC(=O)N(C(C)C(=O)N(C)C)C1=O. The molecule has 0 saturated carbocycles. The Morgan fingerprint density at radius 3 is 2.42 bits per heavy atom. The van der Waals surface area contributed by atoms with Crippen molar-refractivity contribution in [3.05, 3.63) is 0 Å². The van der Waals surface area contributed by atoms with Crippen LogP contribution in [0.1, 0.15) is 26.7 Å². The standard InChI is InChI=1S/C12H19N3O4/c1-5-6-8-9(16)13-12(19)15(11(8)18)7(2)10(17)14(3)4/h7-8H,5-6H2,1-4H3,(H,13,16,19). The Labute approximate surface area is 111 Å². The maximum absolute atomic E-state index is 12.2. The lowest BCUT2D eigenvalue weighted by Crippen LogP contribution is -2.62. The van der Waals surface area contributed by atoms with E-state index in [1.165, 1.54) is 11.8 Å². The molecule has 0 radical (unpaired) electrons. The number of carbonyl (C=O) groups is 4. The van der Waals surface area contributed by atoms with Crippen LogP contribution in [0.25, 0.3) is 0 Å². The summed E-state index contributed by atoms with van der Waals surface area (Å²) in [6.07, 6.45) is 0.999. The Morgan fingerprint density at radius 2 is 1.95 bits per heavy atom. The molecule has 0 aliphatic carbocycles. The van der Waals surface area contributed by atoms with E-state index in [2.05, 4.69) is 5.32 Å². The van der Waals surface area contributed by atoms with E-state index in [0.717, 1.165) is 4.90 Å². The second-order valence-corrected chi connectivity index (χ2v) is 4.75. The van der Waals surface area contributed by atoms with Gasteiger partial charge in [0.05, 0.1) is 0 Å². The van der Waals surface area contributed by atoms with E-state index in [1.54, 1.807) is 14.1 Å². The van der Waals surface area contributed by atoms with E-state index in [-0.39, 0.29) is 5.91 Å². The molecule has 0 aromatic carbocycles. The van der Waals surface area contributed by atoms with Gasteiger partial charge in [-0.3, -0.25) is 24.6 Å². The van der Waals surface area contributed by atoms with E-state index >= 15 is 0 Å². The van der Waals surface area contributed by atoms with Crippen molar-refractivity contribution in [3.8, 4) is 0 Å². The number of nitrogens with one attached hydrogen (secondary N) is 1. The van der Waals surface area contributed by atoms with Crippen molar-refractivity contribution in [3.63, 3.8) is 0 Å². The highest BCUT2D eigenvalue weighted by molar-refractivity contribution is 6.17. The molecule has 1 aliphatic heterocycles. The third-order valence-corrected chi connectivity index (χ3v) is 3.06. The zero-order valence-corrected chi connectivity index (χ0v) is 11.6. The number of likely N-dealkylation sites (N-methyl/N-ethyl adjacent to an activating group) is 1. The third-order valence-electron chi connectivity index (χ3n) is 3.06. The summed E-state index contributed by atoms with van der Waals surface area (Å²) in [7, 11) is 3.08. The van der Waals surface area contributed by atoms with Crippen molar-refractivity contribution in [1.29, 1.82) is 0 Å². The average molecular weight is 269 g/mol. The lowest BCUT2D eigenvalue weighted by Gasteiger charge is -2.34. The molecule has 1 saturated heterocycles. The Balaban J connectivity index is 2.98. The van der Waals surface area contributed by atoms with Gasteiger partial charge in [0.15, 0.2) is 0 Å². The van der Waals surface area contributed by atoms with Crippen LogP contribution in [0, 0.1) is 5.92 Å². The highest BCUT2D eigenvalue weighted by Crippen LogP contribution is 2.18. The summed E-state index contributed by atoms with van der Waals surface area (Å²) in [5.41, 5.74) is 0. The van der Waals surface area contributed by atoms with Gasteiger partial charge >= 0.3 is 6.03 Å². The molecular formula is C12H19N3O4. The van der Waals surface area contributed by atoms with Gasteiger partial charge in [-0.05, 0) is 13.3 Å². The number of hydrogen-bond acceptors (Lipinski definition) is 4. The van der Waals surface area contributed by atoms with Gasteiger partial charge in [0, 0.05) is 14.1 Å². The molecule has 7 heteroatoms. The molecule has 0 aromatic rings. The maximum Gasteiger partial charge on any atom is 0.331 e. The monoisotopic (exact) mass is 269 g/mol. The van der Waals surface area contributed by atoms with Gasteiger partial charge in [-0.2, -0.15) is 0 Å². The van der Waals surface area contributed by atoms with Crippen LogP contribution in [-0.2, 0) is 14.4 Å². The molecule has 106 valence electrons. The van der Waals surface area contributed by atoms with Gasteiger partial charge in [-0.25, -0.2) is 4.79 Å². The molecule has 19 heavy (non-hydrogen) atoms. The van der Waals surface area contributed by atoms with Gasteiger partial charge in [0.1, 0.15) is 12.0 Å². The van der Waals surface area contributed by atoms with Gasteiger partial charge < -0.3 is 4.90 Å². The first-order valence-corrected chi connectivity index (χ1v) is 6.20. The average Bonchev–Trinajstić information content (AvgIpc) is 2.32. The van der Waals surface area contributed by atoms with Crippen molar-refractivity contribution in [1.82, 2.24) is 15.1 Å². The molecule has 5 amide bonds. The van der Waals surface area contributed by atoms with Crippen LogP contribution >= 0.6 is 0 Å². The number of barbiturate groups is 1. The first kappa shape index (κ1) is 15.1. The topological polar surface area (TPSA) is 86.8 Å². The summed E-state index contributed by atoms with van der Waals surface area (Å²) in [5, 5.41) is 2.13. The molecule has 1 fully saturated rings. The van der Waals surface area contributed by atoms with Gasteiger partial charge in [0.25, 0.3) is 0 Å². The zero-order valence-electron chi connectivity index (χ0n) is 11.6. The van der Waals surface area contributed by atoms with Crippen molar-refractivity contribution in [2.45, 2.75) is 32.7 Å². The molecule has 1 rings (SSSR count). The molecule has 2 atom stereocenters. The van der Waals surface area contributed by atoms with Gasteiger partial charge in [-0.1, -0.05) is 13.3 Å². The molecule has 1 N–H and O–H groups in total. The molecule has 0 aromatic heterocycles. The Kier molecular flexibility index (Phi) is 4.63. The normalized spacial score (nSPS) is 21.2. The molecule has 1 heterocycles. The fourth-order valence-electron chi connectivity index (χ4n) is 2.03.